The predicted molar refractivity (Wildman–Crippen MR) is 101 cm³/mol. The topological polar surface area (TPSA) is 132 Å². The molecule has 1 aliphatic rings. The summed E-state index contributed by atoms with van der Waals surface area (Å²) in [5, 5.41) is 12.8. The van der Waals surface area contributed by atoms with E-state index in [0.29, 0.717) is 22.4 Å². The van der Waals surface area contributed by atoms with Gasteiger partial charge in [-0.2, -0.15) is 0 Å². The number of nitrogens with one attached hydrogen (secondary N) is 1. The Labute approximate surface area is 161 Å². The monoisotopic (exact) mass is 411 g/mol. The van der Waals surface area contributed by atoms with Crippen LogP contribution in [0, 0.1) is 6.92 Å². The van der Waals surface area contributed by atoms with Crippen LogP contribution in [0.15, 0.2) is 21.3 Å². The van der Waals surface area contributed by atoms with Gasteiger partial charge in [0.1, 0.15) is 17.1 Å². The summed E-state index contributed by atoms with van der Waals surface area (Å²) in [6, 6.07) is 2.29. The van der Waals surface area contributed by atoms with Crippen LogP contribution in [0.4, 0.5) is 0 Å². The van der Waals surface area contributed by atoms with Crippen LogP contribution in [0.5, 0.6) is 11.5 Å². The number of benzene rings is 1. The van der Waals surface area contributed by atoms with Crippen molar-refractivity contribution in [1.82, 2.24) is 5.32 Å². The van der Waals surface area contributed by atoms with E-state index in [9.17, 15) is 23.1 Å². The van der Waals surface area contributed by atoms with Crippen molar-refractivity contribution in [2.45, 2.75) is 25.5 Å². The minimum atomic E-state index is -3.40. The van der Waals surface area contributed by atoms with Gasteiger partial charge in [-0.25, -0.2) is 13.2 Å². The zero-order chi connectivity index (χ0) is 20.6. The Hall–Kier alpha value is -2.59. The summed E-state index contributed by atoms with van der Waals surface area (Å²) in [4.78, 5) is 24.8. The quantitative estimate of drug-likeness (QED) is 0.654. The minimum absolute atomic E-state index is 0.129. The summed E-state index contributed by atoms with van der Waals surface area (Å²) in [7, 11) is -0.458. The van der Waals surface area contributed by atoms with E-state index >= 15 is 0 Å². The molecule has 1 amide bonds. The first-order valence-electron chi connectivity index (χ1n) is 8.51. The highest BCUT2D eigenvalue weighted by molar-refractivity contribution is 7.91. The van der Waals surface area contributed by atoms with Gasteiger partial charge in [0.05, 0.1) is 55.2 Å². The van der Waals surface area contributed by atoms with Gasteiger partial charge in [0.25, 0.3) is 0 Å². The molecule has 2 aromatic rings. The summed E-state index contributed by atoms with van der Waals surface area (Å²) in [5.74, 6) is -0.431. The smallest absolute Gasteiger partial charge is 0.340 e. The van der Waals surface area contributed by atoms with Crippen molar-refractivity contribution in [1.29, 1.82) is 0 Å². The Bertz CT molecular complexity index is 1090. The summed E-state index contributed by atoms with van der Waals surface area (Å²) < 4.78 is 39.0. The normalized spacial score (nSPS) is 20.9. The van der Waals surface area contributed by atoms with Gasteiger partial charge < -0.3 is 24.3 Å². The number of aliphatic hydroxyl groups is 1. The highest BCUT2D eigenvalue weighted by Crippen LogP contribution is 2.33. The Morgan fingerprint density at radius 3 is 2.57 bits per heavy atom. The number of hydrogen-bond donors (Lipinski definition) is 2. The molecule has 2 N–H and O–H groups in total. The van der Waals surface area contributed by atoms with Gasteiger partial charge in [-0.05, 0) is 12.5 Å². The van der Waals surface area contributed by atoms with E-state index in [4.69, 9.17) is 13.9 Å². The molecule has 1 aliphatic heterocycles. The first-order chi connectivity index (χ1) is 13.1. The van der Waals surface area contributed by atoms with E-state index in [-0.39, 0.29) is 23.3 Å². The Kier molecular flexibility index (Phi) is 5.35. The molecule has 2 atom stereocenters. The zero-order valence-electron chi connectivity index (χ0n) is 15.6. The van der Waals surface area contributed by atoms with Crippen molar-refractivity contribution in [3.05, 3.63) is 33.7 Å². The van der Waals surface area contributed by atoms with Gasteiger partial charge in [0.2, 0.25) is 5.91 Å². The van der Waals surface area contributed by atoms with Crippen LogP contribution in [0.25, 0.3) is 11.0 Å². The Morgan fingerprint density at radius 1 is 1.29 bits per heavy atom. The van der Waals surface area contributed by atoms with Crippen molar-refractivity contribution < 1.29 is 32.2 Å². The molecule has 0 bridgehead atoms. The third-order valence-corrected chi connectivity index (χ3v) is 6.49. The van der Waals surface area contributed by atoms with Gasteiger partial charge in [-0.1, -0.05) is 0 Å². The second-order valence-electron chi connectivity index (χ2n) is 6.69. The maximum Gasteiger partial charge on any atom is 0.340 e. The molecule has 1 saturated heterocycles. The lowest BCUT2D eigenvalue weighted by atomic mass is 10.0. The average molecular weight is 411 g/mol. The van der Waals surface area contributed by atoms with E-state index in [1.807, 2.05) is 0 Å². The number of carbonyl (C=O) groups excluding carboxylic acids is 1. The van der Waals surface area contributed by atoms with Crippen LogP contribution in [-0.4, -0.2) is 57.3 Å². The Balaban J connectivity index is 1.93. The molecule has 3 rings (SSSR count). The molecule has 2 heterocycles. The standard InChI is InChI=1S/C18H21NO8S/c1-9-11(6-16(21)19-12-7-28(23,24)8-13(12)20)18(22)27-15-5-10(25-2)4-14(26-3)17(9)15/h4-5,12-13,20H,6-8H2,1-3H3,(H,19,21)/t12-,13-/m1/s1. The number of ether oxygens (including phenoxy) is 2. The third-order valence-electron chi connectivity index (χ3n) is 4.78. The van der Waals surface area contributed by atoms with Crippen LogP contribution < -0.4 is 20.4 Å². The number of rotatable bonds is 5. The van der Waals surface area contributed by atoms with Crippen molar-refractivity contribution in [2.24, 2.45) is 0 Å². The number of aryl methyl sites for hydroxylation is 1. The lowest BCUT2D eigenvalue weighted by Crippen LogP contribution is -2.43. The van der Waals surface area contributed by atoms with E-state index in [2.05, 4.69) is 5.32 Å². The molecule has 0 unspecified atom stereocenters. The summed E-state index contributed by atoms with van der Waals surface area (Å²) in [5.41, 5.74) is 0.222. The molecule has 1 aromatic carbocycles. The van der Waals surface area contributed by atoms with Crippen molar-refractivity contribution in [2.75, 3.05) is 25.7 Å². The van der Waals surface area contributed by atoms with Gasteiger partial charge in [-0.3, -0.25) is 4.79 Å². The van der Waals surface area contributed by atoms with Crippen LogP contribution in [-0.2, 0) is 21.1 Å². The Morgan fingerprint density at radius 2 is 2.00 bits per heavy atom. The number of fused-ring (bicyclic) bond motifs is 1. The first-order valence-corrected chi connectivity index (χ1v) is 10.3. The lowest BCUT2D eigenvalue weighted by Gasteiger charge is -2.16. The molecule has 28 heavy (non-hydrogen) atoms. The van der Waals surface area contributed by atoms with Crippen LogP contribution >= 0.6 is 0 Å². The van der Waals surface area contributed by atoms with Crippen LogP contribution in [0.2, 0.25) is 0 Å². The highest BCUT2D eigenvalue weighted by atomic mass is 32.2. The second kappa shape index (κ2) is 7.44. The van der Waals surface area contributed by atoms with E-state index in [1.54, 1.807) is 19.1 Å². The number of carbonyl (C=O) groups is 1. The van der Waals surface area contributed by atoms with Gasteiger partial charge in [0.15, 0.2) is 9.84 Å². The van der Waals surface area contributed by atoms with E-state index < -0.39 is 39.3 Å². The third kappa shape index (κ3) is 3.83. The average Bonchev–Trinajstić information content (AvgIpc) is 2.88. The molecular formula is C18H21NO8S. The van der Waals surface area contributed by atoms with Gasteiger partial charge in [-0.15, -0.1) is 0 Å². The van der Waals surface area contributed by atoms with Gasteiger partial charge >= 0.3 is 5.63 Å². The molecule has 1 fully saturated rings. The summed E-state index contributed by atoms with van der Waals surface area (Å²) in [6.07, 6.45) is -1.49. The molecular weight excluding hydrogens is 390 g/mol. The van der Waals surface area contributed by atoms with Crippen LogP contribution in [0.3, 0.4) is 0 Å². The second-order valence-corrected chi connectivity index (χ2v) is 8.84. The molecule has 152 valence electrons. The molecule has 0 spiro atoms. The van der Waals surface area contributed by atoms with Gasteiger partial charge in [0, 0.05) is 12.1 Å². The molecule has 0 saturated carbocycles. The predicted octanol–water partition coefficient (Wildman–Crippen LogP) is -0.0648. The molecule has 1 aromatic heterocycles. The van der Waals surface area contributed by atoms with E-state index in [1.165, 1.54) is 14.2 Å². The fraction of sp³-hybridized carbons (Fsp3) is 0.444. The summed E-state index contributed by atoms with van der Waals surface area (Å²) in [6.45, 7) is 1.67. The fourth-order valence-corrected chi connectivity index (χ4v) is 5.09. The van der Waals surface area contributed by atoms with Crippen molar-refractivity contribution >= 4 is 26.7 Å². The molecule has 9 nitrogen and oxygen atoms in total. The molecule has 0 radical (unpaired) electrons. The maximum absolute atomic E-state index is 12.4. The SMILES string of the molecule is COc1cc(OC)c2c(C)c(CC(=O)N[C@@H]3CS(=O)(=O)C[C@H]3O)c(=O)oc2c1. The maximum atomic E-state index is 12.4. The summed E-state index contributed by atoms with van der Waals surface area (Å²) >= 11 is 0. The zero-order valence-corrected chi connectivity index (χ0v) is 16.5. The van der Waals surface area contributed by atoms with Crippen molar-refractivity contribution in [3.63, 3.8) is 0 Å². The number of aliphatic hydroxyl groups excluding tert-OH is 1. The van der Waals surface area contributed by atoms with Crippen LogP contribution in [0.1, 0.15) is 11.1 Å². The van der Waals surface area contributed by atoms with Crippen molar-refractivity contribution in [3.8, 4) is 11.5 Å². The number of hydrogen-bond acceptors (Lipinski definition) is 8. The minimum Gasteiger partial charge on any atom is -0.496 e. The first kappa shape index (κ1) is 20.2. The fourth-order valence-electron chi connectivity index (χ4n) is 3.35. The number of amides is 1. The molecule has 10 heteroatoms. The largest absolute Gasteiger partial charge is 0.496 e. The highest BCUT2D eigenvalue weighted by Gasteiger charge is 2.37. The van der Waals surface area contributed by atoms with E-state index in [0.717, 1.165) is 0 Å². The lowest BCUT2D eigenvalue weighted by molar-refractivity contribution is -0.121. The molecule has 0 aliphatic carbocycles. The number of methoxy groups -OCH3 is 2. The number of sulfone groups is 1.